The molecule has 2 aromatic heterocycles. The highest BCUT2D eigenvalue weighted by Gasteiger charge is 2.21. The molecular weight excluding hydrogens is 318 g/mol. The second kappa shape index (κ2) is 8.51. The summed E-state index contributed by atoms with van der Waals surface area (Å²) < 4.78 is 5.37. The quantitative estimate of drug-likeness (QED) is 0.817. The summed E-state index contributed by atoms with van der Waals surface area (Å²) in [5.41, 5.74) is 0.866. The Balaban J connectivity index is 1.46. The molecule has 0 aromatic carbocycles. The lowest BCUT2D eigenvalue weighted by atomic mass is 9.96. The van der Waals surface area contributed by atoms with E-state index in [9.17, 15) is 5.11 Å². The Morgan fingerprint density at radius 1 is 1.40 bits per heavy atom. The molecule has 0 aliphatic carbocycles. The predicted octanol–water partition coefficient (Wildman–Crippen LogP) is 1.66. The third-order valence-corrected chi connectivity index (χ3v) is 4.59. The second-order valence-corrected chi connectivity index (χ2v) is 7.04. The zero-order chi connectivity index (χ0) is 17.6. The van der Waals surface area contributed by atoms with E-state index in [-0.39, 0.29) is 6.10 Å². The molecule has 0 amide bonds. The summed E-state index contributed by atoms with van der Waals surface area (Å²) in [6.07, 6.45) is 5.55. The van der Waals surface area contributed by atoms with Crippen LogP contribution in [0, 0.1) is 5.92 Å². The molecule has 2 aromatic rings. The summed E-state index contributed by atoms with van der Waals surface area (Å²) in [4.78, 5) is 13.1. The Morgan fingerprint density at radius 2 is 2.20 bits per heavy atom. The van der Waals surface area contributed by atoms with Gasteiger partial charge in [0.2, 0.25) is 11.7 Å². The molecule has 1 atom stereocenters. The first-order valence-electron chi connectivity index (χ1n) is 8.92. The van der Waals surface area contributed by atoms with Gasteiger partial charge < -0.3 is 14.5 Å². The van der Waals surface area contributed by atoms with Crippen LogP contribution in [0.2, 0.25) is 0 Å². The van der Waals surface area contributed by atoms with E-state index in [4.69, 9.17) is 4.52 Å². The highest BCUT2D eigenvalue weighted by atomic mass is 16.5. The molecule has 7 heteroatoms. The van der Waals surface area contributed by atoms with Gasteiger partial charge in [0.15, 0.2) is 0 Å². The maximum absolute atomic E-state index is 9.49. The molecule has 0 spiro atoms. The van der Waals surface area contributed by atoms with Crippen LogP contribution in [0.15, 0.2) is 29.0 Å². The summed E-state index contributed by atoms with van der Waals surface area (Å²) in [6.45, 7) is 6.43. The number of likely N-dealkylation sites (tertiary alicyclic amines) is 1. The van der Waals surface area contributed by atoms with E-state index in [2.05, 4.69) is 32.0 Å². The van der Waals surface area contributed by atoms with Crippen molar-refractivity contribution in [3.8, 4) is 11.4 Å². The third-order valence-electron chi connectivity index (χ3n) is 4.59. The Hall–Kier alpha value is -1.83. The van der Waals surface area contributed by atoms with Gasteiger partial charge in [0, 0.05) is 31.0 Å². The van der Waals surface area contributed by atoms with Gasteiger partial charge in [0.25, 0.3) is 0 Å². The number of nitrogens with zero attached hydrogens (tertiary/aromatic N) is 5. The molecular formula is C18H27N5O2. The van der Waals surface area contributed by atoms with Crippen molar-refractivity contribution in [2.75, 3.05) is 33.2 Å². The number of hydrogen-bond donors (Lipinski definition) is 1. The first-order chi connectivity index (χ1) is 12.1. The number of piperidine rings is 1. The summed E-state index contributed by atoms with van der Waals surface area (Å²) >= 11 is 0. The molecule has 0 unspecified atom stereocenters. The lowest BCUT2D eigenvalue weighted by Gasteiger charge is -2.34. The van der Waals surface area contributed by atoms with Gasteiger partial charge in [0.05, 0.1) is 12.6 Å². The summed E-state index contributed by atoms with van der Waals surface area (Å²) in [6, 6.07) is 3.79. The van der Waals surface area contributed by atoms with Crippen molar-refractivity contribution in [1.29, 1.82) is 0 Å². The standard InChI is InChI=1S/C18H27N5O2/c1-14(24)11-23-8-5-15(6-9-23)12-22(2)13-17-20-18(21-25-17)16-4-3-7-19-10-16/h3-4,7,10,14-15,24H,5-6,8-9,11-13H2,1-2H3/t14-/m1/s1. The van der Waals surface area contributed by atoms with Crippen molar-refractivity contribution in [2.45, 2.75) is 32.4 Å². The Bertz CT molecular complexity index is 638. The number of hydrogen-bond acceptors (Lipinski definition) is 7. The molecule has 7 nitrogen and oxygen atoms in total. The molecule has 1 fully saturated rings. The van der Waals surface area contributed by atoms with Gasteiger partial charge >= 0.3 is 0 Å². The van der Waals surface area contributed by atoms with Crippen LogP contribution < -0.4 is 0 Å². The van der Waals surface area contributed by atoms with Gasteiger partial charge in [-0.2, -0.15) is 4.98 Å². The van der Waals surface area contributed by atoms with E-state index in [1.54, 1.807) is 12.4 Å². The average molecular weight is 345 g/mol. The zero-order valence-electron chi connectivity index (χ0n) is 15.0. The number of pyridine rings is 1. The summed E-state index contributed by atoms with van der Waals surface area (Å²) in [5, 5.41) is 13.5. The van der Waals surface area contributed by atoms with Crippen LogP contribution in [0.4, 0.5) is 0 Å². The molecule has 0 radical (unpaired) electrons. The van der Waals surface area contributed by atoms with E-state index >= 15 is 0 Å². The molecule has 3 heterocycles. The van der Waals surface area contributed by atoms with Gasteiger partial charge in [-0.05, 0) is 58.0 Å². The highest BCUT2D eigenvalue weighted by Crippen LogP contribution is 2.19. The van der Waals surface area contributed by atoms with Crippen LogP contribution in [0.25, 0.3) is 11.4 Å². The lowest BCUT2D eigenvalue weighted by molar-refractivity contribution is 0.0908. The molecule has 136 valence electrons. The van der Waals surface area contributed by atoms with Crippen molar-refractivity contribution in [3.63, 3.8) is 0 Å². The van der Waals surface area contributed by atoms with Crippen LogP contribution >= 0.6 is 0 Å². The minimum absolute atomic E-state index is 0.245. The van der Waals surface area contributed by atoms with Gasteiger partial charge in [-0.15, -0.1) is 0 Å². The largest absolute Gasteiger partial charge is 0.392 e. The molecule has 1 aliphatic rings. The van der Waals surface area contributed by atoms with E-state index in [1.807, 2.05) is 19.1 Å². The highest BCUT2D eigenvalue weighted by molar-refractivity contribution is 5.51. The van der Waals surface area contributed by atoms with Crippen molar-refractivity contribution >= 4 is 0 Å². The zero-order valence-corrected chi connectivity index (χ0v) is 15.0. The van der Waals surface area contributed by atoms with E-state index < -0.39 is 0 Å². The normalized spacial score (nSPS) is 17.9. The third kappa shape index (κ3) is 5.32. The van der Waals surface area contributed by atoms with Gasteiger partial charge in [0.1, 0.15) is 0 Å². The fourth-order valence-corrected chi connectivity index (χ4v) is 3.39. The molecule has 25 heavy (non-hydrogen) atoms. The second-order valence-electron chi connectivity index (χ2n) is 7.04. The fraction of sp³-hybridized carbons (Fsp3) is 0.611. The minimum atomic E-state index is -0.245. The maximum atomic E-state index is 9.49. The fourth-order valence-electron chi connectivity index (χ4n) is 3.39. The maximum Gasteiger partial charge on any atom is 0.241 e. The molecule has 1 aliphatic heterocycles. The Kier molecular flexibility index (Phi) is 6.12. The monoisotopic (exact) mass is 345 g/mol. The van der Waals surface area contributed by atoms with E-state index in [0.717, 1.165) is 31.7 Å². The number of rotatable bonds is 7. The van der Waals surface area contributed by atoms with Crippen molar-refractivity contribution < 1.29 is 9.63 Å². The SMILES string of the molecule is C[C@@H](O)CN1CCC(CN(C)Cc2nc(-c3cccnc3)no2)CC1. The number of aromatic nitrogens is 3. The van der Waals surface area contributed by atoms with E-state index in [1.165, 1.54) is 12.8 Å². The van der Waals surface area contributed by atoms with E-state index in [0.29, 0.717) is 24.2 Å². The average Bonchev–Trinajstić information content (AvgIpc) is 3.05. The Labute approximate surface area is 148 Å². The minimum Gasteiger partial charge on any atom is -0.392 e. The smallest absolute Gasteiger partial charge is 0.241 e. The summed E-state index contributed by atoms with van der Waals surface area (Å²) in [5.74, 6) is 1.90. The molecule has 1 saturated heterocycles. The van der Waals surface area contributed by atoms with Gasteiger partial charge in [-0.1, -0.05) is 5.16 Å². The number of aliphatic hydroxyl groups is 1. The first kappa shape index (κ1) is 18.0. The summed E-state index contributed by atoms with van der Waals surface area (Å²) in [7, 11) is 2.09. The molecule has 3 rings (SSSR count). The van der Waals surface area contributed by atoms with Crippen LogP contribution in [-0.4, -0.2) is 69.4 Å². The first-order valence-corrected chi connectivity index (χ1v) is 8.92. The van der Waals surface area contributed by atoms with Crippen LogP contribution in [0.3, 0.4) is 0 Å². The van der Waals surface area contributed by atoms with Crippen LogP contribution in [-0.2, 0) is 6.54 Å². The Morgan fingerprint density at radius 3 is 2.88 bits per heavy atom. The molecule has 0 bridgehead atoms. The lowest BCUT2D eigenvalue weighted by Crippen LogP contribution is -2.40. The molecule has 0 saturated carbocycles. The van der Waals surface area contributed by atoms with Gasteiger partial charge in [-0.25, -0.2) is 0 Å². The predicted molar refractivity (Wildman–Crippen MR) is 94.7 cm³/mol. The van der Waals surface area contributed by atoms with Gasteiger partial charge in [-0.3, -0.25) is 9.88 Å². The van der Waals surface area contributed by atoms with Crippen LogP contribution in [0.5, 0.6) is 0 Å². The van der Waals surface area contributed by atoms with Crippen LogP contribution in [0.1, 0.15) is 25.7 Å². The number of aliphatic hydroxyl groups excluding tert-OH is 1. The van der Waals surface area contributed by atoms with Crippen molar-refractivity contribution in [3.05, 3.63) is 30.4 Å². The van der Waals surface area contributed by atoms with Crippen molar-refractivity contribution in [2.24, 2.45) is 5.92 Å². The molecule has 1 N–H and O–H groups in total. The number of β-amino-alcohol motifs (C(OH)–C–C–N with tert-alkyl or cyclic N) is 1. The topological polar surface area (TPSA) is 78.5 Å². The van der Waals surface area contributed by atoms with Crippen molar-refractivity contribution in [1.82, 2.24) is 24.9 Å².